The molecule has 1 aliphatic heterocycles. The Labute approximate surface area is 161 Å². The van der Waals surface area contributed by atoms with Crippen molar-refractivity contribution < 1.29 is 9.90 Å². The molecule has 0 spiro atoms. The lowest BCUT2D eigenvalue weighted by molar-refractivity contribution is -0.143. The van der Waals surface area contributed by atoms with Gasteiger partial charge in [0, 0.05) is 55.2 Å². The van der Waals surface area contributed by atoms with E-state index in [1.165, 1.54) is 0 Å². The van der Waals surface area contributed by atoms with E-state index in [2.05, 4.69) is 15.0 Å². The minimum atomic E-state index is -1.46. The van der Waals surface area contributed by atoms with Gasteiger partial charge in [0.2, 0.25) is 0 Å². The lowest BCUT2D eigenvalue weighted by Gasteiger charge is -2.21. The van der Waals surface area contributed by atoms with Crippen LogP contribution in [0.1, 0.15) is 12.0 Å². The Morgan fingerprint density at radius 1 is 1.21 bits per heavy atom. The van der Waals surface area contributed by atoms with Crippen LogP contribution in [0.15, 0.2) is 61.3 Å². The number of likely N-dealkylation sites (tertiary alicyclic amines) is 1. The fraction of sp³-hybridized carbons (Fsp3) is 0.190. The average molecular weight is 373 g/mol. The van der Waals surface area contributed by atoms with Gasteiger partial charge in [0.25, 0.3) is 5.91 Å². The van der Waals surface area contributed by atoms with Crippen LogP contribution in [0.5, 0.6) is 0 Å². The third kappa shape index (κ3) is 2.44. The van der Waals surface area contributed by atoms with Gasteiger partial charge in [-0.1, -0.05) is 12.1 Å². The minimum absolute atomic E-state index is 0.262. The number of rotatable bonds is 3. The summed E-state index contributed by atoms with van der Waals surface area (Å²) in [4.78, 5) is 26.0. The molecule has 2 N–H and O–H groups in total. The molecule has 140 valence electrons. The van der Waals surface area contributed by atoms with Crippen LogP contribution in [0.25, 0.3) is 28.0 Å². The fourth-order valence-electron chi connectivity index (χ4n) is 3.82. The Kier molecular flexibility index (Phi) is 3.60. The zero-order valence-electron chi connectivity index (χ0n) is 15.3. The van der Waals surface area contributed by atoms with Gasteiger partial charge in [-0.05, 0) is 29.8 Å². The van der Waals surface area contributed by atoms with Gasteiger partial charge < -0.3 is 19.6 Å². The topological polar surface area (TPSA) is 87.0 Å². The summed E-state index contributed by atoms with van der Waals surface area (Å²) in [6.45, 7) is 0.545. The van der Waals surface area contributed by atoms with Crippen LogP contribution in [0, 0.1) is 0 Å². The molecule has 4 heterocycles. The Bertz CT molecular complexity index is 1190. The summed E-state index contributed by atoms with van der Waals surface area (Å²) in [5.74, 6) is -0.262. The van der Waals surface area contributed by atoms with Gasteiger partial charge >= 0.3 is 0 Å². The predicted molar refractivity (Wildman–Crippen MR) is 105 cm³/mol. The number of carbonyl (C=O) groups is 1. The molecule has 1 atom stereocenters. The number of aliphatic hydroxyl groups is 1. The second-order valence-corrected chi connectivity index (χ2v) is 7.16. The van der Waals surface area contributed by atoms with E-state index in [4.69, 9.17) is 0 Å². The van der Waals surface area contributed by atoms with Gasteiger partial charge in [-0.25, -0.2) is 9.97 Å². The molecule has 1 aliphatic rings. The maximum absolute atomic E-state index is 12.4. The van der Waals surface area contributed by atoms with Crippen molar-refractivity contribution in [3.63, 3.8) is 0 Å². The second kappa shape index (κ2) is 6.03. The number of imidazole rings is 1. The molecule has 1 amide bonds. The molecule has 28 heavy (non-hydrogen) atoms. The number of fused-ring (bicyclic) bond motifs is 1. The highest BCUT2D eigenvalue weighted by molar-refractivity contribution is 5.92. The Morgan fingerprint density at radius 2 is 2.11 bits per heavy atom. The van der Waals surface area contributed by atoms with E-state index in [1.807, 2.05) is 47.3 Å². The Morgan fingerprint density at radius 3 is 2.93 bits per heavy atom. The zero-order chi connectivity index (χ0) is 19.3. The standard InChI is InChI=1S/C21H19N5O2/c1-25-9-7-21(28,20(25)27)14-4-2-5-15(10-14)26-12-18(24-13-26)17-11-23-19-16(17)6-3-8-22-19/h2-6,8,10-13,28H,7,9H2,1H3,(H,22,23)/t21-/m0/s1. The molecule has 1 fully saturated rings. The third-order valence-corrected chi connectivity index (χ3v) is 5.44. The first-order valence-corrected chi connectivity index (χ1v) is 9.11. The summed E-state index contributed by atoms with van der Waals surface area (Å²) < 4.78 is 1.89. The van der Waals surface area contributed by atoms with Gasteiger partial charge in [0.15, 0.2) is 5.60 Å². The monoisotopic (exact) mass is 373 g/mol. The highest BCUT2D eigenvalue weighted by Gasteiger charge is 2.45. The molecule has 1 saturated heterocycles. The molecule has 1 aromatic carbocycles. The first-order valence-electron chi connectivity index (χ1n) is 9.11. The first-order chi connectivity index (χ1) is 13.6. The molecule has 3 aromatic heterocycles. The Hall–Kier alpha value is -3.45. The average Bonchev–Trinajstić information content (AvgIpc) is 3.43. The largest absolute Gasteiger partial charge is 0.375 e. The highest BCUT2D eigenvalue weighted by atomic mass is 16.3. The number of aromatic nitrogens is 4. The van der Waals surface area contributed by atoms with E-state index >= 15 is 0 Å². The molecule has 0 bridgehead atoms. The van der Waals surface area contributed by atoms with E-state index in [0.29, 0.717) is 18.5 Å². The number of benzene rings is 1. The van der Waals surface area contributed by atoms with Crippen LogP contribution in [-0.2, 0) is 10.4 Å². The predicted octanol–water partition coefficient (Wildman–Crippen LogP) is 2.47. The smallest absolute Gasteiger partial charge is 0.258 e. The SMILES string of the molecule is CN1CC[C@](O)(c2cccc(-n3cnc(-c4c[nH]c5ncccc45)c3)c2)C1=O. The van der Waals surface area contributed by atoms with Crippen LogP contribution < -0.4 is 0 Å². The normalized spacial score (nSPS) is 19.6. The van der Waals surface area contributed by atoms with Crippen molar-refractivity contribution in [1.29, 1.82) is 0 Å². The van der Waals surface area contributed by atoms with Crippen LogP contribution in [0.2, 0.25) is 0 Å². The summed E-state index contributed by atoms with van der Waals surface area (Å²) >= 11 is 0. The van der Waals surface area contributed by atoms with Crippen LogP contribution in [0.4, 0.5) is 0 Å². The number of carbonyl (C=O) groups excluding carboxylic acids is 1. The maximum atomic E-state index is 12.4. The van der Waals surface area contributed by atoms with Crippen molar-refractivity contribution in [2.45, 2.75) is 12.0 Å². The van der Waals surface area contributed by atoms with E-state index < -0.39 is 5.60 Å². The molecule has 0 unspecified atom stereocenters. The number of aromatic amines is 1. The summed E-state index contributed by atoms with van der Waals surface area (Å²) in [6, 6.07) is 11.3. The number of amides is 1. The van der Waals surface area contributed by atoms with E-state index in [1.54, 1.807) is 30.5 Å². The highest BCUT2D eigenvalue weighted by Crippen LogP contribution is 2.34. The van der Waals surface area contributed by atoms with Crippen molar-refractivity contribution in [2.75, 3.05) is 13.6 Å². The molecule has 0 saturated carbocycles. The quantitative estimate of drug-likeness (QED) is 0.578. The van der Waals surface area contributed by atoms with Crippen molar-refractivity contribution in [3.8, 4) is 16.9 Å². The molecule has 5 rings (SSSR count). The molecule has 7 nitrogen and oxygen atoms in total. The maximum Gasteiger partial charge on any atom is 0.258 e. The van der Waals surface area contributed by atoms with Gasteiger partial charge in [0.05, 0.1) is 12.0 Å². The van der Waals surface area contributed by atoms with Gasteiger partial charge in [-0.15, -0.1) is 0 Å². The number of likely N-dealkylation sites (N-methyl/N-ethyl adjacent to an activating group) is 1. The molecular weight excluding hydrogens is 354 g/mol. The van der Waals surface area contributed by atoms with Crippen molar-refractivity contribution >= 4 is 16.9 Å². The molecule has 4 aromatic rings. The minimum Gasteiger partial charge on any atom is -0.375 e. The number of hydrogen-bond acceptors (Lipinski definition) is 4. The molecular formula is C21H19N5O2. The van der Waals surface area contributed by atoms with Gasteiger partial charge in [0.1, 0.15) is 5.65 Å². The van der Waals surface area contributed by atoms with Crippen LogP contribution in [-0.4, -0.2) is 49.0 Å². The van der Waals surface area contributed by atoms with Crippen molar-refractivity contribution in [1.82, 2.24) is 24.4 Å². The first kappa shape index (κ1) is 16.7. The Balaban J connectivity index is 1.52. The molecule has 0 aliphatic carbocycles. The van der Waals surface area contributed by atoms with Crippen molar-refractivity contribution in [3.05, 3.63) is 66.9 Å². The van der Waals surface area contributed by atoms with Crippen LogP contribution in [0.3, 0.4) is 0 Å². The molecule has 7 heteroatoms. The lowest BCUT2D eigenvalue weighted by Crippen LogP contribution is -2.36. The number of hydrogen-bond donors (Lipinski definition) is 2. The van der Waals surface area contributed by atoms with E-state index in [-0.39, 0.29) is 5.91 Å². The summed E-state index contributed by atoms with van der Waals surface area (Å²) in [6.07, 6.45) is 7.71. The van der Waals surface area contributed by atoms with Gasteiger partial charge in [-0.2, -0.15) is 0 Å². The summed E-state index contributed by atoms with van der Waals surface area (Å²) in [7, 11) is 1.71. The number of nitrogens with zero attached hydrogens (tertiary/aromatic N) is 4. The van der Waals surface area contributed by atoms with Crippen LogP contribution >= 0.6 is 0 Å². The molecule has 0 radical (unpaired) electrons. The van der Waals surface area contributed by atoms with Crippen molar-refractivity contribution in [2.24, 2.45) is 0 Å². The number of pyridine rings is 1. The number of H-pyrrole nitrogens is 1. The third-order valence-electron chi connectivity index (χ3n) is 5.44. The number of nitrogens with one attached hydrogen (secondary N) is 1. The van der Waals surface area contributed by atoms with E-state index in [0.717, 1.165) is 28.0 Å². The second-order valence-electron chi connectivity index (χ2n) is 7.16. The lowest BCUT2D eigenvalue weighted by atomic mass is 9.92. The zero-order valence-corrected chi connectivity index (χ0v) is 15.3. The fourth-order valence-corrected chi connectivity index (χ4v) is 3.82. The van der Waals surface area contributed by atoms with Gasteiger partial charge in [-0.3, -0.25) is 4.79 Å². The summed E-state index contributed by atoms with van der Waals surface area (Å²) in [5, 5.41) is 11.9. The summed E-state index contributed by atoms with van der Waals surface area (Å²) in [5.41, 5.74) is 2.59. The van der Waals surface area contributed by atoms with E-state index in [9.17, 15) is 9.90 Å².